The molecule has 0 spiro atoms. The van der Waals surface area contributed by atoms with Gasteiger partial charge in [0.1, 0.15) is 214 Å². The third-order valence-electron chi connectivity index (χ3n) is 21.7. The second-order valence-electron chi connectivity index (χ2n) is 30.0. The first-order valence-electron chi connectivity index (χ1n) is 37.2. The molecule has 0 aliphatic carbocycles. The van der Waals surface area contributed by atoms with Gasteiger partial charge >= 0.3 is 5.97 Å². The molecule has 114 heavy (non-hydrogen) atoms. The van der Waals surface area contributed by atoms with Crippen LogP contribution in [0, 0.1) is 0 Å². The smallest absolute Gasteiger partial charge is 0.302 e. The highest BCUT2D eigenvalue weighted by atomic mass is 16.8. The van der Waals surface area contributed by atoms with Crippen LogP contribution in [-0.2, 0) is 109 Å². The largest absolute Gasteiger partial charge is 0.463 e. The molecule has 0 unspecified atom stereocenters. The average Bonchev–Trinajstić information content (AvgIpc) is 0.768. The number of rotatable bonds is 25. The normalized spacial score (nSPS) is 52.4. The van der Waals surface area contributed by atoms with Crippen LogP contribution in [0.5, 0.6) is 0 Å². The van der Waals surface area contributed by atoms with Crippen molar-refractivity contribution in [1.29, 1.82) is 0 Å². The highest BCUT2D eigenvalue weighted by Gasteiger charge is 2.62. The molecule has 2 amide bonds. The van der Waals surface area contributed by atoms with Crippen LogP contribution in [0.4, 0.5) is 0 Å². The molecular weight excluding hydrogens is 1560 g/mol. The molecule has 10 aliphatic heterocycles. The molecule has 660 valence electrons. The third kappa shape index (κ3) is 19.9. The Morgan fingerprint density at radius 2 is 0.526 bits per heavy atom. The zero-order valence-corrected chi connectivity index (χ0v) is 62.9. The molecule has 25 N–H and O–H groups in total. The number of hydrogen-bond donors (Lipinski definition) is 25. The van der Waals surface area contributed by atoms with E-state index in [1.165, 1.54) is 41.5 Å². The summed E-state index contributed by atoms with van der Waals surface area (Å²) in [6.07, 6.45) is -93.9. The molecule has 10 fully saturated rings. The predicted octanol–water partition coefficient (Wildman–Crippen LogP) is -15.8. The van der Waals surface area contributed by atoms with E-state index in [9.17, 15) is 132 Å². The molecule has 0 aromatic heterocycles. The number of hydrogen-bond acceptors (Lipinski definition) is 46. The molecule has 10 saturated heterocycles. The lowest BCUT2D eigenvalue weighted by atomic mass is 9.94. The maximum atomic E-state index is 13.6. The minimum Gasteiger partial charge on any atom is -0.463 e. The Hall–Kier alpha value is -3.27. The van der Waals surface area contributed by atoms with Gasteiger partial charge < -0.3 is 223 Å². The first kappa shape index (κ1) is 93.0. The van der Waals surface area contributed by atoms with Gasteiger partial charge in [-0.3, -0.25) is 14.4 Å². The summed E-state index contributed by atoms with van der Waals surface area (Å²) in [6, 6.07) is -3.67. The van der Waals surface area contributed by atoms with E-state index < -0.39 is 351 Å². The van der Waals surface area contributed by atoms with Crippen molar-refractivity contribution < 1.29 is 227 Å². The molecule has 10 rings (SSSR count). The van der Waals surface area contributed by atoms with Gasteiger partial charge in [0.25, 0.3) is 0 Å². The topological polar surface area (TPSA) is 725 Å². The maximum Gasteiger partial charge on any atom is 0.302 e. The average molecular weight is 1670 g/mol. The lowest BCUT2D eigenvalue weighted by Gasteiger charge is -2.52. The van der Waals surface area contributed by atoms with E-state index in [-0.39, 0.29) is 0 Å². The van der Waals surface area contributed by atoms with Gasteiger partial charge in [-0.1, -0.05) is 0 Å². The fourth-order valence-electron chi connectivity index (χ4n) is 15.1. The van der Waals surface area contributed by atoms with Gasteiger partial charge in [0.15, 0.2) is 62.9 Å². The number of carbonyl (C=O) groups is 3. The highest BCUT2D eigenvalue weighted by molar-refractivity contribution is 5.73. The van der Waals surface area contributed by atoms with E-state index in [1.54, 1.807) is 0 Å². The summed E-state index contributed by atoms with van der Waals surface area (Å²) in [6.45, 7) is 6.70. The standard InChI is InChI=1S/C66H110N2O46/c1-14-29(75)37(83)43(89)59(96-14)113-55-41(87)31(77)15(2)97-64(55)110-53-47(93)63(101-19(6)49(53)107-61-45(91)39(85)34(80)24(11-70)104-61)109-51-28(68-21(8)73)58(105-26(36(51)82)13-95-22(9)74)112-54-40(86)30(76)17(4)99-66(54)114-56-42(88)32(78)16(3)98-65(56)111-52-46(92)62(108-50-27(67-20(7)72)57(94)102-25(12-71)35(50)81)100-18(5)48(52)106-60-44(90)38(84)33(79)23(10-69)103-60/h14-19,23-66,69-71,75-94H,10-13H2,1-9H3,(H,67,72)(H,68,73)/t14-,15-,16-,17-,18-,19-,23+,24+,25+,26+,27+,28+,29-,30-,31-,32-,33+,34+,35+,36+,37+,38-,39-,40+,41+,42+,43+,44+,45+,46+,47+,48-,49-,50+,51+,52-,53-,54+,55+,56+,57+,58-,59-,60+,61+,62-,63-,64-,65-,66-/m0/s1. The summed E-state index contributed by atoms with van der Waals surface area (Å²) in [7, 11) is 0. The second-order valence-corrected chi connectivity index (χ2v) is 30.0. The maximum absolute atomic E-state index is 13.6. The minimum absolute atomic E-state index is 0.795. The number of aliphatic hydroxyl groups is 23. The quantitative estimate of drug-likeness (QED) is 0.0377. The Balaban J connectivity index is 0.984. The van der Waals surface area contributed by atoms with Gasteiger partial charge in [-0.2, -0.15) is 0 Å². The number of amides is 2. The second kappa shape index (κ2) is 39.3. The van der Waals surface area contributed by atoms with Crippen LogP contribution >= 0.6 is 0 Å². The summed E-state index contributed by atoms with van der Waals surface area (Å²) < 4.78 is 121. The fourth-order valence-corrected chi connectivity index (χ4v) is 15.1. The van der Waals surface area contributed by atoms with E-state index in [1.807, 2.05) is 0 Å². The van der Waals surface area contributed by atoms with Crippen LogP contribution in [0.3, 0.4) is 0 Å². The summed E-state index contributed by atoms with van der Waals surface area (Å²) in [4.78, 5) is 38.6. The van der Waals surface area contributed by atoms with Crippen molar-refractivity contribution in [1.82, 2.24) is 10.6 Å². The summed E-state index contributed by atoms with van der Waals surface area (Å²) in [5, 5.41) is 264. The molecular formula is C66H110N2O46. The van der Waals surface area contributed by atoms with Crippen molar-refractivity contribution in [3.63, 3.8) is 0 Å². The Kier molecular flexibility index (Phi) is 32.0. The highest BCUT2D eigenvalue weighted by Crippen LogP contribution is 2.42. The van der Waals surface area contributed by atoms with Crippen LogP contribution < -0.4 is 10.6 Å². The van der Waals surface area contributed by atoms with E-state index in [0.29, 0.717) is 0 Å². The van der Waals surface area contributed by atoms with Crippen molar-refractivity contribution in [3.8, 4) is 0 Å². The molecule has 50 atom stereocenters. The number of ether oxygens (including phenoxy) is 20. The van der Waals surface area contributed by atoms with Crippen molar-refractivity contribution in [2.75, 3.05) is 26.4 Å². The molecule has 0 aromatic rings. The van der Waals surface area contributed by atoms with Gasteiger partial charge in [0.2, 0.25) is 11.8 Å². The predicted molar refractivity (Wildman–Crippen MR) is 354 cm³/mol. The van der Waals surface area contributed by atoms with E-state index in [0.717, 1.165) is 20.8 Å². The van der Waals surface area contributed by atoms with E-state index in [2.05, 4.69) is 10.6 Å². The lowest BCUT2D eigenvalue weighted by Crippen LogP contribution is -2.71. The van der Waals surface area contributed by atoms with Gasteiger partial charge in [-0.25, -0.2) is 0 Å². The Labute approximate surface area is 649 Å². The molecule has 48 nitrogen and oxygen atoms in total. The molecule has 0 aromatic carbocycles. The van der Waals surface area contributed by atoms with Gasteiger partial charge in [0, 0.05) is 20.8 Å². The summed E-state index contributed by atoms with van der Waals surface area (Å²) in [5.74, 6) is -2.76. The Bertz CT molecular complexity index is 3060. The van der Waals surface area contributed by atoms with Crippen molar-refractivity contribution in [3.05, 3.63) is 0 Å². The van der Waals surface area contributed by atoms with Gasteiger partial charge in [-0.05, 0) is 41.5 Å². The molecule has 0 radical (unpaired) electrons. The molecule has 0 saturated carbocycles. The van der Waals surface area contributed by atoms with Crippen LogP contribution in [0.1, 0.15) is 62.3 Å². The molecule has 0 bridgehead atoms. The third-order valence-corrected chi connectivity index (χ3v) is 21.7. The zero-order chi connectivity index (χ0) is 84.0. The molecule has 10 heterocycles. The minimum atomic E-state index is -2.40. The number of nitrogens with one attached hydrogen (secondary N) is 2. The van der Waals surface area contributed by atoms with Crippen molar-refractivity contribution in [2.24, 2.45) is 0 Å². The Morgan fingerprint density at radius 3 is 0.912 bits per heavy atom. The monoisotopic (exact) mass is 1670 g/mol. The van der Waals surface area contributed by atoms with E-state index >= 15 is 0 Å². The van der Waals surface area contributed by atoms with Crippen LogP contribution in [0.2, 0.25) is 0 Å². The van der Waals surface area contributed by atoms with Crippen molar-refractivity contribution >= 4 is 17.8 Å². The first-order chi connectivity index (χ1) is 53.6. The number of aliphatic hydroxyl groups excluding tert-OH is 23. The van der Waals surface area contributed by atoms with Gasteiger partial charge in [0.05, 0.1) is 56.4 Å². The molecule has 48 heteroatoms. The molecule has 10 aliphatic rings. The number of carbonyl (C=O) groups excluding carboxylic acids is 3. The van der Waals surface area contributed by atoms with Gasteiger partial charge in [-0.15, -0.1) is 0 Å². The fraction of sp³-hybridized carbons (Fsp3) is 0.955. The first-order valence-corrected chi connectivity index (χ1v) is 37.2. The van der Waals surface area contributed by atoms with Crippen LogP contribution in [0.25, 0.3) is 0 Å². The van der Waals surface area contributed by atoms with E-state index in [4.69, 9.17) is 94.7 Å². The van der Waals surface area contributed by atoms with Crippen LogP contribution in [-0.4, -0.2) is 469 Å². The van der Waals surface area contributed by atoms with Crippen LogP contribution in [0.15, 0.2) is 0 Å². The SMILES string of the molecule is CC(=O)N[C@@H]1[C@@H](O[C@@H]2O[C@@H](C)[C@H](O[C@H]3O[C@H](CO)[C@@H](O)[C@H](O)[C@H]3O)[C@@H](O[C@@H]3O[C@@H](C)[C@H](O)[C@@H](O)[C@H]3O[C@@H]3O[C@@H](C)[C@H](O)[C@@H](O)[C@H]3O[C@@H]3O[C@H](COC(C)=O)[C@@H](O)[C@H](O[C@@H]4O[C@@H](C)[C@H](O[C@H]5O[C@H](CO)[C@@H](O)[C@H](O)[C@H]5O)[C@@H](O[C@@H]5O[C@@H](C)[C@H](O)[C@@H](O)[C@H]5O[C@@H]5O[C@@H](C)[C@H](O)[C@@H](O)[C@H]5O)[C@H]4O)[C@H]3NC(C)=O)[C@H]2O)[C@H](O)[C@@H](CO)O[C@H]1O. The lowest BCUT2D eigenvalue weighted by molar-refractivity contribution is -0.411. The summed E-state index contributed by atoms with van der Waals surface area (Å²) >= 11 is 0. The van der Waals surface area contributed by atoms with Crippen molar-refractivity contribution in [2.45, 2.75) is 369 Å². The summed E-state index contributed by atoms with van der Waals surface area (Å²) in [5.41, 5.74) is 0. The Morgan fingerprint density at radius 1 is 0.254 bits per heavy atom. The zero-order valence-electron chi connectivity index (χ0n) is 62.9. The number of esters is 1.